The first-order valence-electron chi connectivity index (χ1n) is 7.17. The molecule has 0 amide bonds. The van der Waals surface area contributed by atoms with Crippen LogP contribution in [0.4, 0.5) is 0 Å². The Bertz CT molecular complexity index is 153. The van der Waals surface area contributed by atoms with E-state index >= 15 is 0 Å². The number of likely N-dealkylation sites (N-methyl/N-ethyl adjacent to an activating group) is 1. The Hall–Kier alpha value is -0.120. The fraction of sp³-hybridized carbons (Fsp3) is 1.00. The quantitative estimate of drug-likeness (QED) is 0.533. The SMILES string of the molecule is CCCCOCCNCCN(C)CC(C)CC. The lowest BCUT2D eigenvalue weighted by Crippen LogP contribution is -2.33. The van der Waals surface area contributed by atoms with Crippen molar-refractivity contribution in [2.45, 2.75) is 40.0 Å². The van der Waals surface area contributed by atoms with Crippen molar-refractivity contribution < 1.29 is 4.74 Å². The van der Waals surface area contributed by atoms with Crippen LogP contribution >= 0.6 is 0 Å². The molecular formula is C14H32N2O. The summed E-state index contributed by atoms with van der Waals surface area (Å²) in [6.45, 7) is 12.9. The molecule has 0 aliphatic carbocycles. The molecule has 3 nitrogen and oxygen atoms in total. The standard InChI is InChI=1S/C14H32N2O/c1-5-7-11-17-12-9-15-8-10-16(4)13-14(3)6-2/h14-15H,5-13H2,1-4H3. The second-order valence-electron chi connectivity index (χ2n) is 4.99. The van der Waals surface area contributed by atoms with Crippen molar-refractivity contribution in [3.05, 3.63) is 0 Å². The molecule has 0 aliphatic rings. The van der Waals surface area contributed by atoms with Gasteiger partial charge in [-0.15, -0.1) is 0 Å². The average molecular weight is 244 g/mol. The van der Waals surface area contributed by atoms with Crippen LogP contribution in [0.5, 0.6) is 0 Å². The normalized spacial score (nSPS) is 13.2. The second kappa shape index (κ2) is 12.3. The lowest BCUT2D eigenvalue weighted by molar-refractivity contribution is 0.132. The Labute approximate surface area is 108 Å². The Balaban J connectivity index is 3.16. The van der Waals surface area contributed by atoms with E-state index in [0.717, 1.165) is 38.8 Å². The number of unbranched alkanes of at least 4 members (excludes halogenated alkanes) is 1. The third kappa shape index (κ3) is 12.1. The van der Waals surface area contributed by atoms with E-state index in [1.165, 1.54) is 25.8 Å². The summed E-state index contributed by atoms with van der Waals surface area (Å²) in [6, 6.07) is 0. The van der Waals surface area contributed by atoms with Gasteiger partial charge in [-0.05, 0) is 19.4 Å². The van der Waals surface area contributed by atoms with E-state index in [1.807, 2.05) is 0 Å². The van der Waals surface area contributed by atoms with Gasteiger partial charge in [0.1, 0.15) is 0 Å². The molecule has 1 N–H and O–H groups in total. The van der Waals surface area contributed by atoms with Crippen molar-refractivity contribution >= 4 is 0 Å². The largest absolute Gasteiger partial charge is 0.380 e. The van der Waals surface area contributed by atoms with Crippen LogP contribution in [-0.4, -0.2) is 51.3 Å². The number of nitrogens with one attached hydrogen (secondary N) is 1. The number of hydrogen-bond acceptors (Lipinski definition) is 3. The van der Waals surface area contributed by atoms with Crippen LogP contribution in [0.3, 0.4) is 0 Å². The van der Waals surface area contributed by atoms with Crippen LogP contribution in [0.15, 0.2) is 0 Å². The Morgan fingerprint density at radius 2 is 1.94 bits per heavy atom. The van der Waals surface area contributed by atoms with Crippen LogP contribution in [-0.2, 0) is 4.74 Å². The highest BCUT2D eigenvalue weighted by molar-refractivity contribution is 4.59. The number of rotatable bonds is 12. The molecular weight excluding hydrogens is 212 g/mol. The minimum absolute atomic E-state index is 0.803. The third-order valence-corrected chi connectivity index (χ3v) is 3.06. The van der Waals surface area contributed by atoms with Crippen molar-refractivity contribution in [3.8, 4) is 0 Å². The van der Waals surface area contributed by atoms with E-state index < -0.39 is 0 Å². The highest BCUT2D eigenvalue weighted by atomic mass is 16.5. The molecule has 0 aromatic rings. The van der Waals surface area contributed by atoms with Crippen molar-refractivity contribution in [3.63, 3.8) is 0 Å². The number of hydrogen-bond donors (Lipinski definition) is 1. The summed E-state index contributed by atoms with van der Waals surface area (Å²) in [4.78, 5) is 2.40. The van der Waals surface area contributed by atoms with Gasteiger partial charge in [0.05, 0.1) is 6.61 Å². The molecule has 0 spiro atoms. The predicted molar refractivity (Wildman–Crippen MR) is 75.5 cm³/mol. The van der Waals surface area contributed by atoms with E-state index in [1.54, 1.807) is 0 Å². The maximum absolute atomic E-state index is 5.49. The smallest absolute Gasteiger partial charge is 0.0590 e. The molecule has 0 radical (unpaired) electrons. The molecule has 0 fully saturated rings. The van der Waals surface area contributed by atoms with Gasteiger partial charge in [-0.25, -0.2) is 0 Å². The number of ether oxygens (including phenoxy) is 1. The summed E-state index contributed by atoms with van der Waals surface area (Å²) in [6.07, 6.45) is 3.66. The van der Waals surface area contributed by atoms with Gasteiger partial charge in [0, 0.05) is 32.8 Å². The first kappa shape index (κ1) is 16.9. The predicted octanol–water partition coefficient (Wildman–Crippen LogP) is 2.37. The molecule has 1 unspecified atom stereocenters. The minimum Gasteiger partial charge on any atom is -0.380 e. The van der Waals surface area contributed by atoms with Crippen LogP contribution in [0.1, 0.15) is 40.0 Å². The molecule has 0 aromatic heterocycles. The fourth-order valence-electron chi connectivity index (χ4n) is 1.64. The first-order chi connectivity index (χ1) is 8.20. The maximum atomic E-state index is 5.49. The summed E-state index contributed by atoms with van der Waals surface area (Å²) in [5.74, 6) is 0.803. The van der Waals surface area contributed by atoms with Crippen LogP contribution < -0.4 is 5.32 Å². The van der Waals surface area contributed by atoms with Gasteiger partial charge >= 0.3 is 0 Å². The lowest BCUT2D eigenvalue weighted by atomic mass is 10.1. The van der Waals surface area contributed by atoms with Crippen molar-refractivity contribution in [2.75, 3.05) is 46.4 Å². The molecule has 1 atom stereocenters. The number of nitrogens with zero attached hydrogens (tertiary/aromatic N) is 1. The van der Waals surface area contributed by atoms with Gasteiger partial charge in [-0.1, -0.05) is 33.6 Å². The van der Waals surface area contributed by atoms with Gasteiger partial charge in [-0.2, -0.15) is 0 Å². The monoisotopic (exact) mass is 244 g/mol. The Kier molecular flexibility index (Phi) is 12.3. The van der Waals surface area contributed by atoms with Gasteiger partial charge in [0.2, 0.25) is 0 Å². The van der Waals surface area contributed by atoms with E-state index in [0.29, 0.717) is 0 Å². The summed E-state index contributed by atoms with van der Waals surface area (Å²) in [7, 11) is 2.20. The molecule has 0 aromatic carbocycles. The van der Waals surface area contributed by atoms with Crippen LogP contribution in [0, 0.1) is 5.92 Å². The third-order valence-electron chi connectivity index (χ3n) is 3.06. The van der Waals surface area contributed by atoms with Gasteiger partial charge < -0.3 is 15.0 Å². The van der Waals surface area contributed by atoms with Crippen molar-refractivity contribution in [1.29, 1.82) is 0 Å². The van der Waals surface area contributed by atoms with Crippen LogP contribution in [0.2, 0.25) is 0 Å². The zero-order valence-corrected chi connectivity index (χ0v) is 12.3. The van der Waals surface area contributed by atoms with E-state index in [-0.39, 0.29) is 0 Å². The topological polar surface area (TPSA) is 24.5 Å². The summed E-state index contributed by atoms with van der Waals surface area (Å²) >= 11 is 0. The summed E-state index contributed by atoms with van der Waals surface area (Å²) in [5, 5.41) is 3.42. The van der Waals surface area contributed by atoms with Gasteiger partial charge in [-0.3, -0.25) is 0 Å². The Morgan fingerprint density at radius 1 is 1.18 bits per heavy atom. The molecule has 0 saturated carbocycles. The highest BCUT2D eigenvalue weighted by Crippen LogP contribution is 2.01. The summed E-state index contributed by atoms with van der Waals surface area (Å²) < 4.78 is 5.49. The first-order valence-corrected chi connectivity index (χ1v) is 7.17. The van der Waals surface area contributed by atoms with E-state index in [2.05, 4.69) is 38.0 Å². The molecule has 0 bridgehead atoms. The zero-order chi connectivity index (χ0) is 12.9. The molecule has 0 rings (SSSR count). The zero-order valence-electron chi connectivity index (χ0n) is 12.3. The van der Waals surface area contributed by atoms with E-state index in [4.69, 9.17) is 4.74 Å². The van der Waals surface area contributed by atoms with Gasteiger partial charge in [0.15, 0.2) is 0 Å². The molecule has 3 heteroatoms. The van der Waals surface area contributed by atoms with Crippen LogP contribution in [0.25, 0.3) is 0 Å². The lowest BCUT2D eigenvalue weighted by Gasteiger charge is -2.20. The van der Waals surface area contributed by atoms with Crippen molar-refractivity contribution in [2.24, 2.45) is 5.92 Å². The second-order valence-corrected chi connectivity index (χ2v) is 4.99. The molecule has 0 saturated heterocycles. The minimum atomic E-state index is 0.803. The molecule has 17 heavy (non-hydrogen) atoms. The van der Waals surface area contributed by atoms with Gasteiger partial charge in [0.25, 0.3) is 0 Å². The Morgan fingerprint density at radius 3 is 2.59 bits per heavy atom. The van der Waals surface area contributed by atoms with Crippen molar-refractivity contribution in [1.82, 2.24) is 10.2 Å². The highest BCUT2D eigenvalue weighted by Gasteiger charge is 2.03. The molecule has 0 heterocycles. The summed E-state index contributed by atoms with van der Waals surface area (Å²) in [5.41, 5.74) is 0. The average Bonchev–Trinajstić information content (AvgIpc) is 2.32. The fourth-order valence-corrected chi connectivity index (χ4v) is 1.64. The van der Waals surface area contributed by atoms with E-state index in [9.17, 15) is 0 Å². The maximum Gasteiger partial charge on any atom is 0.0590 e. The molecule has 104 valence electrons. The molecule has 0 aliphatic heterocycles.